The third-order valence-electron chi connectivity index (χ3n) is 3.72. The number of carbonyl (C=O) groups excluding carboxylic acids is 1. The van der Waals surface area contributed by atoms with E-state index in [0.717, 1.165) is 0 Å². The van der Waals surface area contributed by atoms with Crippen LogP contribution >= 0.6 is 0 Å². The first kappa shape index (κ1) is 17.4. The third-order valence-corrected chi connectivity index (χ3v) is 3.72. The molecule has 2 aromatic heterocycles. The predicted molar refractivity (Wildman–Crippen MR) is 91.8 cm³/mol. The lowest BCUT2D eigenvalue weighted by Crippen LogP contribution is -2.09. The van der Waals surface area contributed by atoms with Gasteiger partial charge in [0.25, 0.3) is 0 Å². The van der Waals surface area contributed by atoms with Crippen LogP contribution in [0.4, 0.5) is 5.82 Å². The molecule has 8 nitrogen and oxygen atoms in total. The minimum atomic E-state index is -0.492. The first-order valence-electron chi connectivity index (χ1n) is 7.89. The Morgan fingerprint density at radius 3 is 2.69 bits per heavy atom. The van der Waals surface area contributed by atoms with E-state index < -0.39 is 5.97 Å². The highest BCUT2D eigenvalue weighted by atomic mass is 16.5. The number of nitrogens with zero attached hydrogens (tertiary/aromatic N) is 4. The zero-order chi connectivity index (χ0) is 18.7. The van der Waals surface area contributed by atoms with Crippen LogP contribution in [0.25, 0.3) is 5.69 Å². The van der Waals surface area contributed by atoms with Gasteiger partial charge in [-0.2, -0.15) is 5.10 Å². The number of carbonyl (C=O) groups is 1. The Hall–Kier alpha value is -3.42. The fraction of sp³-hybridized carbons (Fsp3) is 0.222. The molecule has 0 aliphatic carbocycles. The van der Waals surface area contributed by atoms with E-state index in [-0.39, 0.29) is 17.9 Å². The van der Waals surface area contributed by atoms with Crippen LogP contribution < -0.4 is 5.11 Å². The van der Waals surface area contributed by atoms with Gasteiger partial charge in [-0.15, -0.1) is 0 Å². The van der Waals surface area contributed by atoms with E-state index >= 15 is 0 Å². The van der Waals surface area contributed by atoms with Crippen molar-refractivity contribution in [2.45, 2.75) is 20.3 Å². The van der Waals surface area contributed by atoms with Crippen LogP contribution in [-0.2, 0) is 16.0 Å². The smallest absolute Gasteiger partial charge is 0.311 e. The summed E-state index contributed by atoms with van der Waals surface area (Å²) in [4.78, 5) is 16.1. The average Bonchev–Trinajstić information content (AvgIpc) is 3.18. The largest absolute Gasteiger partial charge is 0.858 e. The second-order valence-electron chi connectivity index (χ2n) is 5.62. The summed E-state index contributed by atoms with van der Waals surface area (Å²) in [5.41, 5.74) is 1.54. The molecule has 0 amide bonds. The fourth-order valence-electron chi connectivity index (χ4n) is 2.52. The van der Waals surface area contributed by atoms with E-state index in [0.29, 0.717) is 28.7 Å². The molecule has 0 radical (unpaired) electrons. The Balaban J connectivity index is 2.10. The van der Waals surface area contributed by atoms with Gasteiger partial charge in [-0.1, -0.05) is 23.4 Å². The van der Waals surface area contributed by atoms with Crippen LogP contribution in [0.2, 0.25) is 0 Å². The standard InChI is InChI=1S/C18H18N4O4/c1-11-9-15(21-26-11)19-12(2)17-14(10-16(23)25-3)20-22(18(17)24)13-7-5-4-6-8-13/h4-9,24H,10H2,1-3H3/p-1. The minimum absolute atomic E-state index is 0.133. The van der Waals surface area contributed by atoms with Crippen LogP contribution in [0.5, 0.6) is 5.88 Å². The van der Waals surface area contributed by atoms with Crippen LogP contribution in [0.3, 0.4) is 0 Å². The molecular weight excluding hydrogens is 336 g/mol. The second kappa shape index (κ2) is 7.22. The maximum absolute atomic E-state index is 12.9. The zero-order valence-corrected chi connectivity index (χ0v) is 14.6. The molecule has 26 heavy (non-hydrogen) atoms. The summed E-state index contributed by atoms with van der Waals surface area (Å²) in [7, 11) is 1.29. The lowest BCUT2D eigenvalue weighted by molar-refractivity contribution is -0.278. The monoisotopic (exact) mass is 353 g/mol. The maximum Gasteiger partial charge on any atom is 0.311 e. The molecule has 8 heteroatoms. The number of benzene rings is 1. The van der Waals surface area contributed by atoms with E-state index in [2.05, 4.69) is 15.2 Å². The quantitative estimate of drug-likeness (QED) is 0.514. The summed E-state index contributed by atoms with van der Waals surface area (Å²) in [6, 6.07) is 10.6. The van der Waals surface area contributed by atoms with Gasteiger partial charge in [0.15, 0.2) is 5.82 Å². The van der Waals surface area contributed by atoms with Gasteiger partial charge in [-0.3, -0.25) is 4.79 Å². The number of aryl methyl sites for hydroxylation is 1. The summed E-state index contributed by atoms with van der Waals surface area (Å²) in [6.45, 7) is 3.41. The van der Waals surface area contributed by atoms with Gasteiger partial charge < -0.3 is 14.4 Å². The first-order valence-corrected chi connectivity index (χ1v) is 7.89. The molecule has 0 spiro atoms. The Bertz CT molecular complexity index is 957. The number of aliphatic imine (C=N–C) groups is 1. The van der Waals surface area contributed by atoms with Crippen molar-refractivity contribution in [1.82, 2.24) is 14.9 Å². The molecule has 134 valence electrons. The highest BCUT2D eigenvalue weighted by molar-refractivity contribution is 6.03. The molecular formula is C18H17N4O4-. The van der Waals surface area contributed by atoms with Gasteiger partial charge >= 0.3 is 5.97 Å². The molecule has 3 aromatic rings. The van der Waals surface area contributed by atoms with Crippen molar-refractivity contribution in [2.24, 2.45) is 4.99 Å². The Morgan fingerprint density at radius 2 is 2.08 bits per heavy atom. The molecule has 0 bridgehead atoms. The minimum Gasteiger partial charge on any atom is -0.858 e. The van der Waals surface area contributed by atoms with Gasteiger partial charge in [0.05, 0.1) is 24.9 Å². The fourth-order valence-corrected chi connectivity index (χ4v) is 2.52. The number of rotatable bonds is 5. The van der Waals surface area contributed by atoms with Crippen LogP contribution in [0.15, 0.2) is 45.9 Å². The SMILES string of the molecule is COC(=O)Cc1nn(-c2ccccc2)c([O-])c1C(C)=Nc1cc(C)on1. The number of methoxy groups -OCH3 is 1. The van der Waals surface area contributed by atoms with E-state index in [1.807, 2.05) is 6.07 Å². The van der Waals surface area contributed by atoms with Crippen LogP contribution in [0.1, 0.15) is 23.9 Å². The normalized spacial score (nSPS) is 11.6. The number of aromatic nitrogens is 3. The molecule has 1 aromatic carbocycles. The molecule has 0 aliphatic rings. The van der Waals surface area contributed by atoms with Crippen LogP contribution in [0, 0.1) is 6.92 Å². The predicted octanol–water partition coefficient (Wildman–Crippen LogP) is 2.10. The van der Waals surface area contributed by atoms with Crippen molar-refractivity contribution in [2.75, 3.05) is 7.11 Å². The van der Waals surface area contributed by atoms with Gasteiger partial charge in [0.1, 0.15) is 5.76 Å². The van der Waals surface area contributed by atoms with Crippen molar-refractivity contribution >= 4 is 17.5 Å². The number of hydrogen-bond donors (Lipinski definition) is 0. The van der Waals surface area contributed by atoms with E-state index in [1.54, 1.807) is 44.2 Å². The van der Waals surface area contributed by atoms with Crippen LogP contribution in [-0.4, -0.2) is 33.7 Å². The molecule has 0 unspecified atom stereocenters. The van der Waals surface area contributed by atoms with Crippen molar-refractivity contribution in [1.29, 1.82) is 0 Å². The highest BCUT2D eigenvalue weighted by Crippen LogP contribution is 2.25. The highest BCUT2D eigenvalue weighted by Gasteiger charge is 2.19. The molecule has 0 aliphatic heterocycles. The van der Waals surface area contributed by atoms with Gasteiger partial charge in [-0.05, 0) is 26.0 Å². The molecule has 0 N–H and O–H groups in total. The van der Waals surface area contributed by atoms with E-state index in [4.69, 9.17) is 9.26 Å². The Labute approximate surface area is 149 Å². The van der Waals surface area contributed by atoms with Crippen molar-refractivity contribution in [3.05, 3.63) is 53.4 Å². The Morgan fingerprint density at radius 1 is 1.35 bits per heavy atom. The van der Waals surface area contributed by atoms with Gasteiger partial charge in [0.2, 0.25) is 0 Å². The first-order chi connectivity index (χ1) is 12.5. The van der Waals surface area contributed by atoms with Crippen molar-refractivity contribution in [3.8, 4) is 11.6 Å². The zero-order valence-electron chi connectivity index (χ0n) is 14.6. The van der Waals surface area contributed by atoms with Gasteiger partial charge in [0, 0.05) is 23.2 Å². The third kappa shape index (κ3) is 3.49. The summed E-state index contributed by atoms with van der Waals surface area (Å²) < 4.78 is 10.9. The molecule has 0 fully saturated rings. The van der Waals surface area contributed by atoms with Gasteiger partial charge in [-0.25, -0.2) is 9.67 Å². The molecule has 0 atom stereocenters. The van der Waals surface area contributed by atoms with Crippen molar-refractivity contribution < 1.29 is 19.2 Å². The van der Waals surface area contributed by atoms with E-state index in [9.17, 15) is 9.90 Å². The van der Waals surface area contributed by atoms with Crippen molar-refractivity contribution in [3.63, 3.8) is 0 Å². The molecule has 0 saturated carbocycles. The summed E-state index contributed by atoms with van der Waals surface area (Å²) in [6.07, 6.45) is -0.133. The molecule has 2 heterocycles. The molecule has 0 saturated heterocycles. The number of ether oxygens (including phenoxy) is 1. The number of para-hydroxylation sites is 1. The summed E-state index contributed by atoms with van der Waals surface area (Å²) in [5.74, 6) is 0.0927. The Kier molecular flexibility index (Phi) is 4.83. The topological polar surface area (TPSA) is 106 Å². The number of hydrogen-bond acceptors (Lipinski definition) is 7. The summed E-state index contributed by atoms with van der Waals surface area (Å²) in [5, 5.41) is 21.0. The lowest BCUT2D eigenvalue weighted by Gasteiger charge is -2.12. The van der Waals surface area contributed by atoms with E-state index in [1.165, 1.54) is 11.8 Å². The lowest BCUT2D eigenvalue weighted by atomic mass is 10.1. The molecule has 3 rings (SSSR count). The second-order valence-corrected chi connectivity index (χ2v) is 5.62. The number of esters is 1. The maximum atomic E-state index is 12.9. The summed E-state index contributed by atoms with van der Waals surface area (Å²) >= 11 is 0. The average molecular weight is 353 g/mol.